The molecule has 0 aliphatic carbocycles. The summed E-state index contributed by atoms with van der Waals surface area (Å²) in [5.41, 5.74) is -0.348. The fourth-order valence-electron chi connectivity index (χ4n) is 2.02. The lowest BCUT2D eigenvalue weighted by Gasteiger charge is -2.13. The van der Waals surface area contributed by atoms with Gasteiger partial charge in [-0.2, -0.15) is 0 Å². The van der Waals surface area contributed by atoms with Crippen molar-refractivity contribution < 1.29 is 9.72 Å². The molecule has 0 aliphatic rings. The van der Waals surface area contributed by atoms with E-state index in [2.05, 4.69) is 5.32 Å². The van der Waals surface area contributed by atoms with E-state index < -0.39 is 10.5 Å². The van der Waals surface area contributed by atoms with E-state index in [9.17, 15) is 19.7 Å². The van der Waals surface area contributed by atoms with Gasteiger partial charge in [0.05, 0.1) is 17.2 Å². The molecule has 22 heavy (non-hydrogen) atoms. The molecule has 2 rings (SSSR count). The highest BCUT2D eigenvalue weighted by Crippen LogP contribution is 2.18. The second kappa shape index (κ2) is 6.52. The number of nitro groups is 1. The van der Waals surface area contributed by atoms with Crippen LogP contribution in [-0.2, 0) is 11.3 Å². The Morgan fingerprint density at radius 2 is 2.27 bits per heavy atom. The monoisotopic (exact) mass is 321 g/mol. The summed E-state index contributed by atoms with van der Waals surface area (Å²) in [7, 11) is 0. The molecule has 0 radical (unpaired) electrons. The van der Waals surface area contributed by atoms with E-state index in [1.165, 1.54) is 18.3 Å². The number of aromatic nitrogens is 1. The highest BCUT2D eigenvalue weighted by atomic mass is 32.1. The molecular weight excluding hydrogens is 306 g/mol. The molecule has 8 heteroatoms. The van der Waals surface area contributed by atoms with Crippen LogP contribution in [0.25, 0.3) is 0 Å². The summed E-state index contributed by atoms with van der Waals surface area (Å²) >= 11 is 1.52. The van der Waals surface area contributed by atoms with Gasteiger partial charge in [0.25, 0.3) is 11.2 Å². The van der Waals surface area contributed by atoms with Gasteiger partial charge in [0.1, 0.15) is 6.54 Å². The van der Waals surface area contributed by atoms with Crippen LogP contribution in [0.2, 0.25) is 0 Å². The molecule has 7 nitrogen and oxygen atoms in total. The maximum Gasteiger partial charge on any atom is 0.288 e. The maximum absolute atomic E-state index is 12.0. The van der Waals surface area contributed by atoms with Crippen LogP contribution in [0.4, 0.5) is 5.69 Å². The Morgan fingerprint density at radius 1 is 1.55 bits per heavy atom. The summed E-state index contributed by atoms with van der Waals surface area (Å²) in [5, 5.41) is 15.6. The van der Waals surface area contributed by atoms with E-state index in [4.69, 9.17) is 0 Å². The van der Waals surface area contributed by atoms with Crippen molar-refractivity contribution in [2.75, 3.05) is 0 Å². The molecular formula is C14H15N3O4S. The van der Waals surface area contributed by atoms with Gasteiger partial charge in [0.2, 0.25) is 5.91 Å². The highest BCUT2D eigenvalue weighted by Gasteiger charge is 2.16. The smallest absolute Gasteiger partial charge is 0.288 e. The Labute approximate surface area is 130 Å². The fourth-order valence-corrected chi connectivity index (χ4v) is 2.75. The molecule has 2 aromatic heterocycles. The van der Waals surface area contributed by atoms with Crippen molar-refractivity contribution in [2.45, 2.75) is 26.4 Å². The van der Waals surface area contributed by atoms with Crippen LogP contribution in [0.5, 0.6) is 0 Å². The average Bonchev–Trinajstić information content (AvgIpc) is 2.95. The number of nitrogens with one attached hydrogen (secondary N) is 1. The number of rotatable bonds is 5. The first-order valence-corrected chi connectivity index (χ1v) is 7.44. The molecule has 0 bridgehead atoms. The van der Waals surface area contributed by atoms with Gasteiger partial charge in [-0.05, 0) is 25.3 Å². The standard InChI is InChI=1S/C14H15N3O4S/c1-9-6-14(19)16(7-11(9)17(20)21)8-13(18)15-10(2)12-4-3-5-22-12/h3-7,10H,8H2,1-2H3,(H,15,18). The van der Waals surface area contributed by atoms with Crippen molar-refractivity contribution >= 4 is 22.9 Å². The molecule has 1 amide bonds. The van der Waals surface area contributed by atoms with E-state index in [1.54, 1.807) is 0 Å². The Morgan fingerprint density at radius 3 is 2.86 bits per heavy atom. The highest BCUT2D eigenvalue weighted by molar-refractivity contribution is 7.10. The van der Waals surface area contributed by atoms with Gasteiger partial charge < -0.3 is 5.32 Å². The summed E-state index contributed by atoms with van der Waals surface area (Å²) < 4.78 is 1.04. The molecule has 1 atom stereocenters. The zero-order valence-corrected chi connectivity index (χ0v) is 12.9. The SMILES string of the molecule is Cc1cc(=O)n(CC(=O)NC(C)c2cccs2)cc1[N+](=O)[O-]. The van der Waals surface area contributed by atoms with Crippen LogP contribution in [0.15, 0.2) is 34.6 Å². The topological polar surface area (TPSA) is 94.2 Å². The number of thiophene rings is 1. The lowest BCUT2D eigenvalue weighted by atomic mass is 10.2. The molecule has 2 aromatic rings. The van der Waals surface area contributed by atoms with Crippen molar-refractivity contribution in [2.24, 2.45) is 0 Å². The number of amides is 1. The molecule has 1 N–H and O–H groups in total. The van der Waals surface area contributed by atoms with Gasteiger partial charge in [-0.25, -0.2) is 0 Å². The van der Waals surface area contributed by atoms with Crippen LogP contribution in [-0.4, -0.2) is 15.4 Å². The predicted octanol–water partition coefficient (Wildman–Crippen LogP) is 2.00. The lowest BCUT2D eigenvalue weighted by Crippen LogP contribution is -2.33. The zero-order valence-electron chi connectivity index (χ0n) is 12.1. The van der Waals surface area contributed by atoms with Gasteiger partial charge in [0, 0.05) is 16.5 Å². The van der Waals surface area contributed by atoms with E-state index >= 15 is 0 Å². The van der Waals surface area contributed by atoms with Crippen LogP contribution >= 0.6 is 11.3 Å². The summed E-state index contributed by atoms with van der Waals surface area (Å²) in [6, 6.07) is 4.77. The second-order valence-electron chi connectivity index (χ2n) is 4.87. The third-order valence-electron chi connectivity index (χ3n) is 3.16. The van der Waals surface area contributed by atoms with Crippen molar-refractivity contribution in [3.63, 3.8) is 0 Å². The Bertz CT molecular complexity index is 752. The lowest BCUT2D eigenvalue weighted by molar-refractivity contribution is -0.385. The number of hydrogen-bond donors (Lipinski definition) is 1. The van der Waals surface area contributed by atoms with Crippen LogP contribution in [0.3, 0.4) is 0 Å². The normalized spacial score (nSPS) is 11.9. The van der Waals surface area contributed by atoms with E-state index in [0.29, 0.717) is 0 Å². The van der Waals surface area contributed by atoms with Crippen LogP contribution in [0.1, 0.15) is 23.4 Å². The first-order chi connectivity index (χ1) is 10.4. The minimum atomic E-state index is -0.572. The molecule has 0 saturated carbocycles. The van der Waals surface area contributed by atoms with Crippen molar-refractivity contribution in [1.82, 2.24) is 9.88 Å². The van der Waals surface area contributed by atoms with Crippen molar-refractivity contribution in [3.05, 3.63) is 60.7 Å². The van der Waals surface area contributed by atoms with E-state index in [0.717, 1.165) is 21.7 Å². The number of carbonyl (C=O) groups is 1. The van der Waals surface area contributed by atoms with Crippen molar-refractivity contribution in [1.29, 1.82) is 0 Å². The molecule has 0 aromatic carbocycles. The third kappa shape index (κ3) is 3.59. The summed E-state index contributed by atoms with van der Waals surface area (Å²) in [4.78, 5) is 35.1. The Kier molecular flexibility index (Phi) is 4.71. The number of hydrogen-bond acceptors (Lipinski definition) is 5. The third-order valence-corrected chi connectivity index (χ3v) is 4.22. The van der Waals surface area contributed by atoms with Gasteiger partial charge in [-0.3, -0.25) is 24.3 Å². The number of aryl methyl sites for hydroxylation is 1. The number of nitrogens with zero attached hydrogens (tertiary/aromatic N) is 2. The Balaban J connectivity index is 2.13. The number of pyridine rings is 1. The van der Waals surface area contributed by atoms with Crippen molar-refractivity contribution in [3.8, 4) is 0 Å². The first-order valence-electron chi connectivity index (χ1n) is 6.56. The molecule has 0 fully saturated rings. The number of carbonyl (C=O) groups excluding carboxylic acids is 1. The summed E-state index contributed by atoms with van der Waals surface area (Å²) in [6.45, 7) is 3.07. The predicted molar refractivity (Wildman–Crippen MR) is 83.0 cm³/mol. The minimum absolute atomic E-state index is 0.177. The van der Waals surface area contributed by atoms with Gasteiger partial charge >= 0.3 is 0 Å². The molecule has 1 unspecified atom stereocenters. The maximum atomic E-state index is 12.0. The summed E-state index contributed by atoms with van der Waals surface area (Å²) in [6.07, 6.45) is 1.10. The molecule has 116 valence electrons. The van der Waals surface area contributed by atoms with E-state index in [-0.39, 0.29) is 29.7 Å². The van der Waals surface area contributed by atoms with Crippen LogP contribution < -0.4 is 10.9 Å². The molecule has 0 saturated heterocycles. The molecule has 0 aliphatic heterocycles. The zero-order chi connectivity index (χ0) is 16.3. The fraction of sp³-hybridized carbons (Fsp3) is 0.286. The van der Waals surface area contributed by atoms with Gasteiger partial charge in [0.15, 0.2) is 0 Å². The Hall–Kier alpha value is -2.48. The summed E-state index contributed by atoms with van der Waals surface area (Å²) in [5.74, 6) is -0.374. The quantitative estimate of drug-likeness (QED) is 0.673. The van der Waals surface area contributed by atoms with Crippen LogP contribution in [0, 0.1) is 17.0 Å². The molecule has 2 heterocycles. The average molecular weight is 321 g/mol. The minimum Gasteiger partial charge on any atom is -0.347 e. The second-order valence-corrected chi connectivity index (χ2v) is 5.85. The van der Waals surface area contributed by atoms with Gasteiger partial charge in [-0.15, -0.1) is 11.3 Å². The first kappa shape index (κ1) is 15.9. The largest absolute Gasteiger partial charge is 0.347 e. The molecule has 0 spiro atoms. The van der Waals surface area contributed by atoms with Gasteiger partial charge in [-0.1, -0.05) is 6.07 Å². The van der Waals surface area contributed by atoms with E-state index in [1.807, 2.05) is 24.4 Å².